The maximum absolute atomic E-state index is 4.50. The summed E-state index contributed by atoms with van der Waals surface area (Å²) in [5.41, 5.74) is 5.86. The molecule has 3 saturated heterocycles. The van der Waals surface area contributed by atoms with E-state index in [1.807, 2.05) is 13.8 Å². The van der Waals surface area contributed by atoms with Gasteiger partial charge in [-0.3, -0.25) is 9.80 Å². The zero-order valence-electron chi connectivity index (χ0n) is 24.1. The molecule has 4 heteroatoms. The third kappa shape index (κ3) is 6.29. The van der Waals surface area contributed by atoms with E-state index in [1.54, 1.807) is 0 Å². The average molecular weight is 453 g/mol. The third-order valence-corrected chi connectivity index (χ3v) is 9.65. The maximum atomic E-state index is 4.50. The molecule has 0 spiro atoms. The number of piperazine rings is 1. The summed E-state index contributed by atoms with van der Waals surface area (Å²) in [6, 6.07) is 1.52. The van der Waals surface area contributed by atoms with Crippen LogP contribution in [-0.4, -0.2) is 66.2 Å². The minimum Gasteiger partial charge on any atom is -0.333 e. The van der Waals surface area contributed by atoms with Crippen molar-refractivity contribution >= 4 is 0 Å². The molecule has 4 nitrogen and oxygen atoms in total. The topological polar surface area (TPSA) is 44.5 Å². The summed E-state index contributed by atoms with van der Waals surface area (Å²) in [6.07, 6.45) is 6.65. The number of nitrogens with two attached hydrogens (primary N) is 1. The van der Waals surface area contributed by atoms with Crippen molar-refractivity contribution in [3.63, 3.8) is 0 Å². The monoisotopic (exact) mass is 452 g/mol. The molecule has 32 heavy (non-hydrogen) atoms. The molecule has 0 unspecified atom stereocenters. The van der Waals surface area contributed by atoms with Crippen molar-refractivity contribution in [1.82, 2.24) is 15.1 Å². The van der Waals surface area contributed by atoms with Crippen molar-refractivity contribution in [2.75, 3.05) is 33.2 Å². The molecule has 0 saturated carbocycles. The normalized spacial score (nSPS) is 25.8. The largest absolute Gasteiger partial charge is 0.333 e. The Morgan fingerprint density at radius 3 is 1.84 bits per heavy atom. The molecule has 0 amide bonds. The zero-order valence-corrected chi connectivity index (χ0v) is 24.1. The highest BCUT2D eigenvalue weighted by Gasteiger charge is 2.48. The van der Waals surface area contributed by atoms with Gasteiger partial charge in [0.05, 0.1) is 0 Å². The van der Waals surface area contributed by atoms with Gasteiger partial charge in [-0.05, 0) is 96.7 Å². The molecule has 0 radical (unpaired) electrons. The van der Waals surface area contributed by atoms with Crippen molar-refractivity contribution in [2.24, 2.45) is 22.5 Å². The van der Waals surface area contributed by atoms with E-state index >= 15 is 0 Å². The molecular weight excluding hydrogens is 392 g/mol. The molecule has 3 rings (SSSR count). The highest BCUT2D eigenvalue weighted by atomic mass is 15.3. The first-order valence-corrected chi connectivity index (χ1v) is 13.6. The van der Waals surface area contributed by atoms with E-state index in [2.05, 4.69) is 83.2 Å². The molecule has 2 atom stereocenters. The zero-order chi connectivity index (χ0) is 25.0. The van der Waals surface area contributed by atoms with Crippen molar-refractivity contribution in [3.05, 3.63) is 0 Å². The van der Waals surface area contributed by atoms with E-state index in [4.69, 9.17) is 0 Å². The number of nitrogens with one attached hydrogen (secondary N) is 1. The van der Waals surface area contributed by atoms with Gasteiger partial charge in [0.1, 0.15) is 0 Å². The van der Waals surface area contributed by atoms with Crippen molar-refractivity contribution in [3.8, 4) is 0 Å². The number of nitrogens with zero attached hydrogens (tertiary/aromatic N) is 2. The lowest BCUT2D eigenvalue weighted by molar-refractivity contribution is -0.0386. The van der Waals surface area contributed by atoms with Gasteiger partial charge in [-0.15, -0.1) is 0 Å². The Morgan fingerprint density at radius 1 is 0.906 bits per heavy atom. The van der Waals surface area contributed by atoms with Crippen molar-refractivity contribution in [1.29, 1.82) is 0 Å². The molecule has 0 aliphatic carbocycles. The lowest BCUT2D eigenvalue weighted by Gasteiger charge is -2.54. The van der Waals surface area contributed by atoms with Crippen LogP contribution in [-0.2, 0) is 0 Å². The highest BCUT2D eigenvalue weighted by molar-refractivity contribution is 5.05. The molecule has 3 N–H and O–H groups in total. The van der Waals surface area contributed by atoms with Crippen molar-refractivity contribution in [2.45, 2.75) is 131 Å². The Hall–Kier alpha value is -0.160. The van der Waals surface area contributed by atoms with Gasteiger partial charge in [0.25, 0.3) is 0 Å². The van der Waals surface area contributed by atoms with Crippen LogP contribution in [0, 0.1) is 16.7 Å². The number of fused-ring (bicyclic) bond motifs is 2. The van der Waals surface area contributed by atoms with E-state index in [1.165, 1.54) is 65.3 Å². The van der Waals surface area contributed by atoms with E-state index < -0.39 is 0 Å². The highest BCUT2D eigenvalue weighted by Crippen LogP contribution is 2.47. The molecule has 0 aromatic heterocycles. The lowest BCUT2D eigenvalue weighted by Crippen LogP contribution is -2.58. The van der Waals surface area contributed by atoms with Crippen LogP contribution in [0.1, 0.15) is 108 Å². The van der Waals surface area contributed by atoms with Crippen LogP contribution in [0.2, 0.25) is 0 Å². The predicted molar refractivity (Wildman–Crippen MR) is 143 cm³/mol. The Balaban J connectivity index is 0.00000121. The van der Waals surface area contributed by atoms with Crippen LogP contribution >= 0.6 is 0 Å². The summed E-state index contributed by atoms with van der Waals surface area (Å²) < 4.78 is 0. The fourth-order valence-electron chi connectivity index (χ4n) is 6.74. The van der Waals surface area contributed by atoms with E-state index in [9.17, 15) is 0 Å². The van der Waals surface area contributed by atoms with Gasteiger partial charge in [0.15, 0.2) is 0 Å². The van der Waals surface area contributed by atoms with Crippen LogP contribution < -0.4 is 11.1 Å². The number of likely N-dealkylation sites (tertiary alicyclic amines) is 2. The second-order valence-corrected chi connectivity index (χ2v) is 12.7. The van der Waals surface area contributed by atoms with Gasteiger partial charge in [0.2, 0.25) is 0 Å². The summed E-state index contributed by atoms with van der Waals surface area (Å²) in [5, 5.41) is 3.67. The van der Waals surface area contributed by atoms with Gasteiger partial charge in [-0.25, -0.2) is 0 Å². The van der Waals surface area contributed by atoms with Crippen LogP contribution in [0.25, 0.3) is 0 Å². The third-order valence-electron chi connectivity index (χ3n) is 9.65. The summed E-state index contributed by atoms with van der Waals surface area (Å²) in [5.74, 6) is 0.849. The molecule has 2 bridgehead atoms. The first-order chi connectivity index (χ1) is 14.8. The van der Waals surface area contributed by atoms with E-state index in [-0.39, 0.29) is 5.54 Å². The first-order valence-electron chi connectivity index (χ1n) is 13.6. The average Bonchev–Trinajstić information content (AvgIpc) is 3.40. The summed E-state index contributed by atoms with van der Waals surface area (Å²) in [4.78, 5) is 5.62. The van der Waals surface area contributed by atoms with Crippen LogP contribution in [0.3, 0.4) is 0 Å². The standard InChI is InChI=1S/C25H49N3.C2H6.CH5N/c1-10-23(4,5)25(8,9)27-13-11-19(12-14-27)22(2,3)18-24(6,7)28-17-20-15-21(28)16-26-20;2*1-2/h19-21,26H,10-18H2,1-9H3;1-2H3;2H2,1H3/t20-,21-;;/m1../s1. The molecule has 0 aromatic carbocycles. The van der Waals surface area contributed by atoms with Gasteiger partial charge in [-0.1, -0.05) is 48.5 Å². The molecule has 3 aliphatic rings. The molecule has 0 aromatic rings. The van der Waals surface area contributed by atoms with Crippen LogP contribution in [0.15, 0.2) is 0 Å². The summed E-state index contributed by atoms with van der Waals surface area (Å²) >= 11 is 0. The van der Waals surface area contributed by atoms with E-state index in [0.717, 1.165) is 18.0 Å². The Morgan fingerprint density at radius 2 is 1.44 bits per heavy atom. The van der Waals surface area contributed by atoms with Crippen LogP contribution in [0.4, 0.5) is 0 Å². The minimum atomic E-state index is 0.276. The Bertz CT molecular complexity index is 544. The minimum absolute atomic E-state index is 0.276. The lowest BCUT2D eigenvalue weighted by atomic mass is 9.66. The smallest absolute Gasteiger partial charge is 0.0242 e. The number of rotatable bonds is 7. The summed E-state index contributed by atoms with van der Waals surface area (Å²) in [6.45, 7) is 31.3. The number of hydrogen-bond donors (Lipinski definition) is 2. The van der Waals surface area contributed by atoms with Crippen LogP contribution in [0.5, 0.6) is 0 Å². The van der Waals surface area contributed by atoms with Gasteiger partial charge >= 0.3 is 0 Å². The van der Waals surface area contributed by atoms with Gasteiger partial charge < -0.3 is 11.1 Å². The van der Waals surface area contributed by atoms with E-state index in [0.29, 0.717) is 16.4 Å². The predicted octanol–water partition coefficient (Wildman–Crippen LogP) is 5.76. The molecule has 192 valence electrons. The molecule has 3 heterocycles. The molecule has 3 aliphatic heterocycles. The second-order valence-electron chi connectivity index (χ2n) is 12.7. The SMILES string of the molecule is CC.CCC(C)(C)C(C)(C)N1CCC(C(C)(C)CC(C)(C)N2C[C@H]3C[C@@H]2CN3)CC1.CN. The second kappa shape index (κ2) is 11.5. The molecular formula is C28H60N4. The number of piperidine rings is 1. The fraction of sp³-hybridized carbons (Fsp3) is 1.00. The maximum Gasteiger partial charge on any atom is 0.0242 e. The van der Waals surface area contributed by atoms with Gasteiger partial charge in [0, 0.05) is 36.3 Å². The quantitative estimate of drug-likeness (QED) is 0.516. The summed E-state index contributed by atoms with van der Waals surface area (Å²) in [7, 11) is 1.50. The van der Waals surface area contributed by atoms with Gasteiger partial charge in [-0.2, -0.15) is 0 Å². The number of hydrogen-bond acceptors (Lipinski definition) is 4. The van der Waals surface area contributed by atoms with Crippen molar-refractivity contribution < 1.29 is 0 Å². The fourth-order valence-corrected chi connectivity index (χ4v) is 6.74. The Kier molecular flexibility index (Phi) is 10.7. The first kappa shape index (κ1) is 29.9. The Labute approximate surface area is 202 Å². The molecule has 3 fully saturated rings.